The number of halogens is 1. The number of likely N-dealkylation sites (tertiary alicyclic amines) is 1. The lowest BCUT2D eigenvalue weighted by atomic mass is 10.1. The van der Waals surface area contributed by atoms with Gasteiger partial charge in [0.25, 0.3) is 5.56 Å². The molecule has 0 radical (unpaired) electrons. The molecule has 0 spiro atoms. The number of nitrogens with zero attached hydrogens (tertiary/aromatic N) is 4. The number of carbonyl (C=O) groups is 1. The predicted octanol–water partition coefficient (Wildman–Crippen LogP) is 4.57. The van der Waals surface area contributed by atoms with Crippen LogP contribution in [0.2, 0.25) is 5.02 Å². The first-order valence-corrected chi connectivity index (χ1v) is 13.5. The predicted molar refractivity (Wildman–Crippen MR) is 155 cm³/mol. The molecule has 9 nitrogen and oxygen atoms in total. The van der Waals surface area contributed by atoms with Crippen LogP contribution in [0, 0.1) is 0 Å². The minimum absolute atomic E-state index is 0.200. The normalized spacial score (nSPS) is 16.8. The standard InChI is InChI=1S/C29H36ClN5O4/c1-6-23-27(34(5)28(36)26(31-23)21-14-13-20(33(3)4)15-22(21)30)32-24-16-35(17-25(24)38-7-2)29(37)39-18-19-11-9-8-10-12-19/h8-15,24-25,32H,6-7,16-18H2,1-5H3/t24?,25-/m0/s1. The number of rotatable bonds is 9. The van der Waals surface area contributed by atoms with Crippen molar-refractivity contribution in [2.24, 2.45) is 7.05 Å². The molecule has 1 N–H and O–H groups in total. The van der Waals surface area contributed by atoms with Gasteiger partial charge in [0.15, 0.2) is 0 Å². The van der Waals surface area contributed by atoms with Crippen molar-refractivity contribution >= 4 is 29.2 Å². The Bertz CT molecular complexity index is 1360. The number of amides is 1. The number of anilines is 2. The van der Waals surface area contributed by atoms with Crippen LogP contribution in [0.25, 0.3) is 11.3 Å². The summed E-state index contributed by atoms with van der Waals surface area (Å²) < 4.78 is 13.1. The summed E-state index contributed by atoms with van der Waals surface area (Å²) in [6, 6.07) is 14.9. The number of aromatic nitrogens is 2. The van der Waals surface area contributed by atoms with E-state index in [0.29, 0.717) is 48.2 Å². The van der Waals surface area contributed by atoms with Crippen LogP contribution < -0.4 is 15.8 Å². The molecule has 1 aliphatic rings. The van der Waals surface area contributed by atoms with Crippen LogP contribution in [0.1, 0.15) is 25.1 Å². The molecule has 2 aromatic carbocycles. The molecule has 0 saturated carbocycles. The average molecular weight is 554 g/mol. The molecule has 4 rings (SSSR count). The molecule has 1 fully saturated rings. The van der Waals surface area contributed by atoms with E-state index in [2.05, 4.69) is 5.32 Å². The first-order chi connectivity index (χ1) is 18.7. The number of aryl methyl sites for hydroxylation is 1. The van der Waals surface area contributed by atoms with Gasteiger partial charge in [0.2, 0.25) is 0 Å². The van der Waals surface area contributed by atoms with Gasteiger partial charge >= 0.3 is 6.09 Å². The minimum atomic E-state index is -0.401. The fourth-order valence-electron chi connectivity index (χ4n) is 4.70. The molecule has 0 aliphatic carbocycles. The van der Waals surface area contributed by atoms with Crippen LogP contribution >= 0.6 is 11.6 Å². The SMILES string of the molecule is CCO[C@H]1CN(C(=O)OCc2ccccc2)CC1Nc1c(CC)nc(-c2ccc(N(C)C)cc2Cl)c(=O)n1C. The van der Waals surface area contributed by atoms with Gasteiger partial charge in [-0.25, -0.2) is 9.78 Å². The second-order valence-corrected chi connectivity index (χ2v) is 10.1. The van der Waals surface area contributed by atoms with E-state index in [0.717, 1.165) is 16.9 Å². The Hall–Kier alpha value is -3.56. The highest BCUT2D eigenvalue weighted by Crippen LogP contribution is 2.30. The second kappa shape index (κ2) is 12.5. The van der Waals surface area contributed by atoms with Crippen molar-refractivity contribution in [2.75, 3.05) is 44.0 Å². The van der Waals surface area contributed by atoms with Crippen LogP contribution in [-0.4, -0.2) is 66.5 Å². The maximum Gasteiger partial charge on any atom is 0.410 e. The number of nitrogens with one attached hydrogen (secondary N) is 1. The van der Waals surface area contributed by atoms with Crippen molar-refractivity contribution in [3.8, 4) is 11.3 Å². The highest BCUT2D eigenvalue weighted by molar-refractivity contribution is 6.33. The summed E-state index contributed by atoms with van der Waals surface area (Å²) in [5.41, 5.74) is 3.20. The topological polar surface area (TPSA) is 88.9 Å². The lowest BCUT2D eigenvalue weighted by molar-refractivity contribution is 0.0579. The van der Waals surface area contributed by atoms with Gasteiger partial charge in [0.1, 0.15) is 18.1 Å². The van der Waals surface area contributed by atoms with E-state index in [9.17, 15) is 9.59 Å². The van der Waals surface area contributed by atoms with Crippen molar-refractivity contribution in [3.63, 3.8) is 0 Å². The summed E-state index contributed by atoms with van der Waals surface area (Å²) in [5, 5.41) is 3.93. The molecule has 39 heavy (non-hydrogen) atoms. The maximum absolute atomic E-state index is 13.5. The molecular weight excluding hydrogens is 518 g/mol. The summed E-state index contributed by atoms with van der Waals surface area (Å²) >= 11 is 6.57. The number of hydrogen-bond acceptors (Lipinski definition) is 7. The Morgan fingerprint density at radius 2 is 1.90 bits per heavy atom. The van der Waals surface area contributed by atoms with E-state index in [4.69, 9.17) is 26.1 Å². The van der Waals surface area contributed by atoms with Crippen molar-refractivity contribution in [3.05, 3.63) is 75.2 Å². The summed E-state index contributed by atoms with van der Waals surface area (Å²) in [7, 11) is 5.58. The lowest BCUT2D eigenvalue weighted by Gasteiger charge is -2.24. The Kier molecular flexibility index (Phi) is 9.14. The second-order valence-electron chi connectivity index (χ2n) is 9.72. The van der Waals surface area contributed by atoms with Gasteiger partial charge in [0, 0.05) is 45.5 Å². The van der Waals surface area contributed by atoms with Gasteiger partial charge in [-0.05, 0) is 37.1 Å². The van der Waals surface area contributed by atoms with E-state index in [1.54, 1.807) is 16.5 Å². The summed E-state index contributed by atoms with van der Waals surface area (Å²) in [4.78, 5) is 34.7. The fourth-order valence-corrected chi connectivity index (χ4v) is 4.96. The van der Waals surface area contributed by atoms with Crippen LogP contribution in [0.15, 0.2) is 53.3 Å². The van der Waals surface area contributed by atoms with Crippen LogP contribution in [0.5, 0.6) is 0 Å². The maximum atomic E-state index is 13.5. The number of carbonyl (C=O) groups excluding carboxylic acids is 1. The number of benzene rings is 2. The lowest BCUT2D eigenvalue weighted by Crippen LogP contribution is -2.37. The van der Waals surface area contributed by atoms with E-state index >= 15 is 0 Å². The molecule has 1 aromatic heterocycles. The van der Waals surface area contributed by atoms with E-state index < -0.39 is 6.09 Å². The summed E-state index contributed by atoms with van der Waals surface area (Å²) in [6.45, 7) is 5.35. The molecule has 208 valence electrons. The zero-order valence-corrected chi connectivity index (χ0v) is 23.9. The van der Waals surface area contributed by atoms with Crippen molar-refractivity contribution in [2.45, 2.75) is 39.0 Å². The first-order valence-electron chi connectivity index (χ1n) is 13.1. The van der Waals surface area contributed by atoms with Crippen molar-refractivity contribution in [1.82, 2.24) is 14.5 Å². The third-order valence-electron chi connectivity index (χ3n) is 6.85. The van der Waals surface area contributed by atoms with Gasteiger partial charge < -0.3 is 24.6 Å². The largest absolute Gasteiger partial charge is 0.445 e. The molecular formula is C29H36ClN5O4. The zero-order valence-electron chi connectivity index (χ0n) is 23.1. The van der Waals surface area contributed by atoms with E-state index in [-0.39, 0.29) is 24.3 Å². The van der Waals surface area contributed by atoms with Gasteiger partial charge in [-0.2, -0.15) is 0 Å². The highest BCUT2D eigenvalue weighted by atomic mass is 35.5. The van der Waals surface area contributed by atoms with Crippen molar-refractivity contribution in [1.29, 1.82) is 0 Å². The molecule has 0 bridgehead atoms. The number of ether oxygens (including phenoxy) is 2. The molecule has 1 amide bonds. The highest BCUT2D eigenvalue weighted by Gasteiger charge is 2.37. The molecule has 3 aromatic rings. The average Bonchev–Trinajstić information content (AvgIpc) is 3.33. The molecule has 2 atom stereocenters. The van der Waals surface area contributed by atoms with Gasteiger partial charge in [-0.15, -0.1) is 0 Å². The third kappa shape index (κ3) is 6.37. The van der Waals surface area contributed by atoms with Crippen LogP contribution in [-0.2, 0) is 29.5 Å². The first kappa shape index (κ1) is 28.4. The Morgan fingerprint density at radius 1 is 1.15 bits per heavy atom. The summed E-state index contributed by atoms with van der Waals surface area (Å²) in [5.74, 6) is 0.599. The molecule has 1 aliphatic heterocycles. The molecule has 1 saturated heterocycles. The van der Waals surface area contributed by atoms with Gasteiger partial charge in [0.05, 0.1) is 29.4 Å². The van der Waals surface area contributed by atoms with Crippen molar-refractivity contribution < 1.29 is 14.3 Å². The molecule has 1 unspecified atom stereocenters. The fraction of sp³-hybridized carbons (Fsp3) is 0.414. The molecule has 2 heterocycles. The van der Waals surface area contributed by atoms with E-state index in [1.807, 2.05) is 81.4 Å². The van der Waals surface area contributed by atoms with Gasteiger partial charge in [-0.1, -0.05) is 48.9 Å². The number of hydrogen-bond donors (Lipinski definition) is 1. The smallest absolute Gasteiger partial charge is 0.410 e. The Balaban J connectivity index is 1.57. The minimum Gasteiger partial charge on any atom is -0.445 e. The van der Waals surface area contributed by atoms with E-state index in [1.165, 1.54) is 0 Å². The third-order valence-corrected chi connectivity index (χ3v) is 7.17. The van der Waals surface area contributed by atoms with Crippen LogP contribution in [0.4, 0.5) is 16.3 Å². The monoisotopic (exact) mass is 553 g/mol. The Labute approximate surface area is 234 Å². The quantitative estimate of drug-likeness (QED) is 0.415. The Morgan fingerprint density at radius 3 is 2.54 bits per heavy atom. The van der Waals surface area contributed by atoms with Crippen LogP contribution in [0.3, 0.4) is 0 Å². The molecule has 10 heteroatoms. The van der Waals surface area contributed by atoms with Gasteiger partial charge in [-0.3, -0.25) is 9.36 Å². The summed E-state index contributed by atoms with van der Waals surface area (Å²) in [6.07, 6.45) is -0.0837. The zero-order chi connectivity index (χ0) is 28.1.